The topological polar surface area (TPSA) is 67.9 Å². The van der Waals surface area contributed by atoms with Gasteiger partial charge in [-0.3, -0.25) is 0 Å². The molecular weight excluding hydrogens is 344 g/mol. The third kappa shape index (κ3) is 5.37. The van der Waals surface area contributed by atoms with E-state index in [0.717, 1.165) is 31.2 Å². The van der Waals surface area contributed by atoms with E-state index >= 15 is 0 Å². The molecule has 0 aromatic heterocycles. The Labute approximate surface area is 161 Å². The largest absolute Gasteiger partial charge is 0.445 e. The second-order valence-corrected chi connectivity index (χ2v) is 8.55. The van der Waals surface area contributed by atoms with E-state index < -0.39 is 5.60 Å². The highest BCUT2D eigenvalue weighted by molar-refractivity contribution is 5.69. The monoisotopic (exact) mass is 374 g/mol. The van der Waals surface area contributed by atoms with Crippen LogP contribution in [0, 0.1) is 5.92 Å². The van der Waals surface area contributed by atoms with Crippen molar-refractivity contribution in [1.29, 1.82) is 0 Å². The Morgan fingerprint density at radius 1 is 1.11 bits per heavy atom. The lowest BCUT2D eigenvalue weighted by atomic mass is 9.91. The van der Waals surface area contributed by atoms with Gasteiger partial charge in [0, 0.05) is 18.6 Å². The zero-order valence-electron chi connectivity index (χ0n) is 16.4. The first-order chi connectivity index (χ1) is 12.8. The maximum atomic E-state index is 12.6. The van der Waals surface area contributed by atoms with Crippen LogP contribution in [0.15, 0.2) is 30.3 Å². The first-order valence-corrected chi connectivity index (χ1v) is 9.77. The maximum Gasteiger partial charge on any atom is 0.410 e. The number of benzene rings is 1. The maximum absolute atomic E-state index is 12.6. The molecule has 0 radical (unpaired) electrons. The summed E-state index contributed by atoms with van der Waals surface area (Å²) in [6, 6.07) is 10.1. The molecule has 0 saturated carbocycles. The average Bonchev–Trinajstić information content (AvgIpc) is 2.88. The highest BCUT2D eigenvalue weighted by atomic mass is 16.6. The summed E-state index contributed by atoms with van der Waals surface area (Å²) in [6.45, 7) is 6.46. The molecule has 2 fully saturated rings. The molecule has 1 N–H and O–H groups in total. The lowest BCUT2D eigenvalue weighted by molar-refractivity contribution is 0.0434. The third-order valence-electron chi connectivity index (χ3n) is 5.18. The Balaban J connectivity index is 1.47. The minimum Gasteiger partial charge on any atom is -0.445 e. The van der Waals surface area contributed by atoms with Crippen LogP contribution in [0.3, 0.4) is 0 Å². The van der Waals surface area contributed by atoms with E-state index in [1.807, 2.05) is 56.0 Å². The van der Waals surface area contributed by atoms with Crippen LogP contribution >= 0.6 is 0 Å². The Morgan fingerprint density at radius 2 is 1.74 bits per heavy atom. The summed E-state index contributed by atoms with van der Waals surface area (Å²) in [7, 11) is 0. The van der Waals surface area contributed by atoms with Gasteiger partial charge in [-0.25, -0.2) is 9.59 Å². The van der Waals surface area contributed by atoms with Crippen LogP contribution in [0.1, 0.15) is 52.0 Å². The van der Waals surface area contributed by atoms with Crippen molar-refractivity contribution >= 4 is 12.2 Å². The Bertz CT molecular complexity index is 642. The molecule has 1 aromatic carbocycles. The summed E-state index contributed by atoms with van der Waals surface area (Å²) >= 11 is 0. The van der Waals surface area contributed by atoms with Gasteiger partial charge in [0.2, 0.25) is 0 Å². The van der Waals surface area contributed by atoms with E-state index in [-0.39, 0.29) is 24.3 Å². The van der Waals surface area contributed by atoms with Gasteiger partial charge in [-0.15, -0.1) is 0 Å². The first-order valence-electron chi connectivity index (χ1n) is 9.77. The Hall–Kier alpha value is -2.24. The van der Waals surface area contributed by atoms with E-state index in [1.165, 1.54) is 0 Å². The van der Waals surface area contributed by atoms with Crippen molar-refractivity contribution in [3.63, 3.8) is 0 Å². The summed E-state index contributed by atoms with van der Waals surface area (Å²) in [5.74, 6) is 0.369. The highest BCUT2D eigenvalue weighted by Gasteiger charge is 2.44. The fourth-order valence-corrected chi connectivity index (χ4v) is 4.09. The minimum atomic E-state index is -0.491. The quantitative estimate of drug-likeness (QED) is 0.862. The van der Waals surface area contributed by atoms with Crippen LogP contribution in [0.5, 0.6) is 0 Å². The number of nitrogens with zero attached hydrogens (tertiary/aromatic N) is 1. The normalized spacial score (nSPS) is 24.4. The smallest absolute Gasteiger partial charge is 0.410 e. The molecule has 0 aliphatic carbocycles. The fraction of sp³-hybridized carbons (Fsp3) is 0.619. The van der Waals surface area contributed by atoms with E-state index in [4.69, 9.17) is 9.47 Å². The van der Waals surface area contributed by atoms with E-state index in [1.54, 1.807) is 0 Å². The number of hydrogen-bond donors (Lipinski definition) is 1. The van der Waals surface area contributed by atoms with Gasteiger partial charge in [0.05, 0.1) is 0 Å². The molecule has 2 amide bonds. The number of nitrogens with one attached hydrogen (secondary N) is 1. The number of rotatable bonds is 4. The number of ether oxygens (including phenoxy) is 2. The van der Waals surface area contributed by atoms with Crippen molar-refractivity contribution in [1.82, 2.24) is 10.2 Å². The summed E-state index contributed by atoms with van der Waals surface area (Å²) in [5, 5.41) is 2.87. The van der Waals surface area contributed by atoms with Crippen LogP contribution in [0.4, 0.5) is 9.59 Å². The van der Waals surface area contributed by atoms with Gasteiger partial charge in [0.25, 0.3) is 0 Å². The second kappa shape index (κ2) is 8.19. The summed E-state index contributed by atoms with van der Waals surface area (Å²) in [6.07, 6.45) is 3.21. The average molecular weight is 374 g/mol. The molecule has 0 spiro atoms. The van der Waals surface area contributed by atoms with Gasteiger partial charge >= 0.3 is 12.2 Å². The predicted molar refractivity (Wildman–Crippen MR) is 102 cm³/mol. The second-order valence-electron chi connectivity index (χ2n) is 8.55. The van der Waals surface area contributed by atoms with Crippen LogP contribution in [0.25, 0.3) is 0 Å². The lowest BCUT2D eigenvalue weighted by Gasteiger charge is -2.38. The van der Waals surface area contributed by atoms with Gasteiger partial charge in [-0.2, -0.15) is 0 Å². The van der Waals surface area contributed by atoms with Crippen LogP contribution in [0.2, 0.25) is 0 Å². The van der Waals surface area contributed by atoms with Crippen LogP contribution in [-0.4, -0.2) is 41.3 Å². The molecule has 6 nitrogen and oxygen atoms in total. The number of carbonyl (C=O) groups is 2. The standard InChI is InChI=1S/C21H30N2O4/c1-21(2,3)27-19(24)22-13-16-11-17-9-10-18(12-16)23(17)20(25)26-14-15-7-5-4-6-8-15/h4-8,16-18H,9-14H2,1-3H3,(H,22,24)/t16?,17-,18+. The highest BCUT2D eigenvalue weighted by Crippen LogP contribution is 2.39. The molecule has 2 aliphatic heterocycles. The molecule has 3 rings (SSSR count). The number of carbonyl (C=O) groups excluding carboxylic acids is 2. The number of alkyl carbamates (subject to hydrolysis) is 1. The van der Waals surface area contributed by atoms with E-state index in [2.05, 4.69) is 5.32 Å². The molecule has 2 aliphatic rings. The zero-order chi connectivity index (χ0) is 19.4. The minimum absolute atomic E-state index is 0.206. The van der Waals surface area contributed by atoms with Gasteiger partial charge in [0.15, 0.2) is 0 Å². The Morgan fingerprint density at radius 3 is 2.33 bits per heavy atom. The number of piperidine rings is 1. The third-order valence-corrected chi connectivity index (χ3v) is 5.18. The summed E-state index contributed by atoms with van der Waals surface area (Å²) in [5.41, 5.74) is 0.504. The number of fused-ring (bicyclic) bond motifs is 2. The van der Waals surface area contributed by atoms with E-state index in [0.29, 0.717) is 19.1 Å². The molecule has 2 bridgehead atoms. The van der Waals surface area contributed by atoms with Gasteiger partial charge in [-0.05, 0) is 57.9 Å². The van der Waals surface area contributed by atoms with Crippen molar-refractivity contribution in [2.24, 2.45) is 5.92 Å². The van der Waals surface area contributed by atoms with Crippen molar-refractivity contribution in [2.45, 2.75) is 70.7 Å². The molecule has 2 saturated heterocycles. The van der Waals surface area contributed by atoms with E-state index in [9.17, 15) is 9.59 Å². The zero-order valence-corrected chi connectivity index (χ0v) is 16.4. The Kier molecular flexibility index (Phi) is 5.92. The molecule has 3 atom stereocenters. The van der Waals surface area contributed by atoms with Gasteiger partial charge in [-0.1, -0.05) is 30.3 Å². The molecule has 1 unspecified atom stereocenters. The molecular formula is C21H30N2O4. The molecule has 148 valence electrons. The van der Waals surface area contributed by atoms with Crippen molar-refractivity contribution in [3.05, 3.63) is 35.9 Å². The molecule has 2 heterocycles. The van der Waals surface area contributed by atoms with Gasteiger partial charge < -0.3 is 19.7 Å². The van der Waals surface area contributed by atoms with Crippen molar-refractivity contribution in [2.75, 3.05) is 6.54 Å². The molecule has 6 heteroatoms. The number of amides is 2. The van der Waals surface area contributed by atoms with Crippen LogP contribution in [-0.2, 0) is 16.1 Å². The SMILES string of the molecule is CC(C)(C)OC(=O)NCC1C[C@H]2CC[C@@H](C1)N2C(=O)OCc1ccccc1. The predicted octanol–water partition coefficient (Wildman–Crippen LogP) is 4.09. The van der Waals surface area contributed by atoms with Crippen molar-refractivity contribution in [3.8, 4) is 0 Å². The number of hydrogen-bond acceptors (Lipinski definition) is 4. The summed E-state index contributed by atoms with van der Waals surface area (Å²) < 4.78 is 10.8. The van der Waals surface area contributed by atoms with Crippen molar-refractivity contribution < 1.29 is 19.1 Å². The first kappa shape index (κ1) is 19.5. The lowest BCUT2D eigenvalue weighted by Crippen LogP contribution is -2.48. The molecule has 27 heavy (non-hydrogen) atoms. The molecule has 1 aromatic rings. The van der Waals surface area contributed by atoms with Gasteiger partial charge in [0.1, 0.15) is 12.2 Å². The van der Waals surface area contributed by atoms with Crippen LogP contribution < -0.4 is 5.32 Å². The fourth-order valence-electron chi connectivity index (χ4n) is 4.09. The summed E-state index contributed by atoms with van der Waals surface area (Å²) in [4.78, 5) is 26.4.